The summed E-state index contributed by atoms with van der Waals surface area (Å²) < 4.78 is 6.96. The molecule has 0 bridgehead atoms. The number of nitrogens with zero attached hydrogens (tertiary/aromatic N) is 4. The number of rotatable bonds is 6. The molecule has 25 heavy (non-hydrogen) atoms. The highest BCUT2D eigenvalue weighted by molar-refractivity contribution is 5.53. The molecule has 0 saturated carbocycles. The first-order chi connectivity index (χ1) is 12.1. The van der Waals surface area contributed by atoms with Crippen molar-refractivity contribution in [3.05, 3.63) is 40.3 Å². The number of anilines is 1. The maximum absolute atomic E-state index is 12.4. The van der Waals surface area contributed by atoms with Crippen molar-refractivity contribution >= 4 is 11.5 Å². The van der Waals surface area contributed by atoms with E-state index in [0.717, 1.165) is 43.2 Å². The van der Waals surface area contributed by atoms with Crippen molar-refractivity contribution in [2.45, 2.75) is 19.9 Å². The predicted octanol–water partition coefficient (Wildman–Crippen LogP) is 0.522. The van der Waals surface area contributed by atoms with Crippen molar-refractivity contribution in [1.82, 2.24) is 14.3 Å². The van der Waals surface area contributed by atoms with Crippen molar-refractivity contribution in [2.24, 2.45) is 0 Å². The van der Waals surface area contributed by atoms with Crippen molar-refractivity contribution in [1.29, 1.82) is 0 Å². The van der Waals surface area contributed by atoms with E-state index < -0.39 is 0 Å². The average Bonchev–Trinajstić information content (AvgIpc) is 2.60. The lowest BCUT2D eigenvalue weighted by Gasteiger charge is -2.40. The van der Waals surface area contributed by atoms with Gasteiger partial charge in [-0.3, -0.25) is 14.1 Å². The summed E-state index contributed by atoms with van der Waals surface area (Å²) in [5, 5.41) is 8.75. The van der Waals surface area contributed by atoms with Gasteiger partial charge in [-0.1, -0.05) is 6.07 Å². The summed E-state index contributed by atoms with van der Waals surface area (Å²) >= 11 is 0. The molecule has 136 valence electrons. The minimum absolute atomic E-state index is 0.0452. The molecule has 1 aliphatic heterocycles. The SMILES string of the molecule is Cc1cccn2c(=O)cc(N3CCN(CCOCCO)[C@H](C)C3)nc12. The van der Waals surface area contributed by atoms with Crippen molar-refractivity contribution in [3.8, 4) is 0 Å². The Balaban J connectivity index is 1.71. The zero-order valence-electron chi connectivity index (χ0n) is 14.9. The molecule has 0 radical (unpaired) electrons. The molecule has 0 aliphatic carbocycles. The molecule has 3 rings (SSSR count). The molecular formula is C18H26N4O3. The summed E-state index contributed by atoms with van der Waals surface area (Å²) in [5.74, 6) is 0.752. The Morgan fingerprint density at radius 3 is 2.96 bits per heavy atom. The molecule has 0 amide bonds. The number of aromatic nitrogens is 2. The number of ether oxygens (including phenoxy) is 1. The summed E-state index contributed by atoms with van der Waals surface area (Å²) in [4.78, 5) is 21.7. The molecule has 1 saturated heterocycles. The van der Waals surface area contributed by atoms with E-state index in [0.29, 0.717) is 19.3 Å². The monoisotopic (exact) mass is 346 g/mol. The summed E-state index contributed by atoms with van der Waals surface area (Å²) in [6.07, 6.45) is 1.76. The van der Waals surface area contributed by atoms with Crippen molar-refractivity contribution in [3.63, 3.8) is 0 Å². The number of aliphatic hydroxyl groups excluding tert-OH is 1. The third-order valence-electron chi connectivity index (χ3n) is 4.72. The fourth-order valence-electron chi connectivity index (χ4n) is 3.30. The van der Waals surface area contributed by atoms with Gasteiger partial charge in [-0.2, -0.15) is 0 Å². The fourth-order valence-corrected chi connectivity index (χ4v) is 3.30. The Labute approximate surface area is 147 Å². The minimum atomic E-state index is -0.0452. The first-order valence-electron chi connectivity index (χ1n) is 8.77. The number of hydrogen-bond donors (Lipinski definition) is 1. The zero-order chi connectivity index (χ0) is 17.8. The quantitative estimate of drug-likeness (QED) is 0.769. The normalized spacial score (nSPS) is 18.8. The Morgan fingerprint density at radius 1 is 1.36 bits per heavy atom. The minimum Gasteiger partial charge on any atom is -0.394 e. The van der Waals surface area contributed by atoms with Gasteiger partial charge < -0.3 is 14.7 Å². The number of hydrogen-bond acceptors (Lipinski definition) is 6. The van der Waals surface area contributed by atoms with Gasteiger partial charge in [-0.15, -0.1) is 0 Å². The van der Waals surface area contributed by atoms with Crippen LogP contribution in [0.15, 0.2) is 29.2 Å². The van der Waals surface area contributed by atoms with Crippen LogP contribution in [0, 0.1) is 6.92 Å². The Bertz CT molecular complexity index is 776. The van der Waals surface area contributed by atoms with Gasteiger partial charge >= 0.3 is 0 Å². The second-order valence-corrected chi connectivity index (χ2v) is 6.50. The molecule has 1 fully saturated rings. The molecule has 1 N–H and O–H groups in total. The van der Waals surface area contributed by atoms with E-state index >= 15 is 0 Å². The van der Waals surface area contributed by atoms with Crippen LogP contribution >= 0.6 is 0 Å². The zero-order valence-corrected chi connectivity index (χ0v) is 14.9. The van der Waals surface area contributed by atoms with E-state index in [9.17, 15) is 4.79 Å². The van der Waals surface area contributed by atoms with Crippen molar-refractivity contribution < 1.29 is 9.84 Å². The van der Waals surface area contributed by atoms with Gasteiger partial charge in [0.2, 0.25) is 0 Å². The highest BCUT2D eigenvalue weighted by atomic mass is 16.5. The number of piperazine rings is 1. The number of pyridine rings is 1. The van der Waals surface area contributed by atoms with Crippen LogP contribution < -0.4 is 10.5 Å². The summed E-state index contributed by atoms with van der Waals surface area (Å²) in [6.45, 7) is 8.63. The van der Waals surface area contributed by atoms with Crippen LogP contribution in [0.4, 0.5) is 5.82 Å². The molecule has 7 heteroatoms. The third-order valence-corrected chi connectivity index (χ3v) is 4.72. The van der Waals surface area contributed by atoms with Gasteiger partial charge in [0, 0.05) is 44.5 Å². The average molecular weight is 346 g/mol. The number of fused-ring (bicyclic) bond motifs is 1. The smallest absolute Gasteiger partial charge is 0.259 e. The van der Waals surface area contributed by atoms with Gasteiger partial charge in [0.1, 0.15) is 11.5 Å². The molecule has 0 unspecified atom stereocenters. The predicted molar refractivity (Wildman–Crippen MR) is 97.4 cm³/mol. The van der Waals surface area contributed by atoms with Crippen molar-refractivity contribution in [2.75, 3.05) is 50.9 Å². The van der Waals surface area contributed by atoms with Gasteiger partial charge in [0.15, 0.2) is 0 Å². The van der Waals surface area contributed by atoms with E-state index in [2.05, 4.69) is 16.7 Å². The van der Waals surface area contributed by atoms with E-state index in [1.807, 2.05) is 19.1 Å². The molecule has 0 spiro atoms. The maximum Gasteiger partial charge on any atom is 0.259 e. The van der Waals surface area contributed by atoms with Crippen LogP contribution in [-0.4, -0.2) is 71.4 Å². The van der Waals surface area contributed by atoms with E-state index in [1.165, 1.54) is 0 Å². The highest BCUT2D eigenvalue weighted by Gasteiger charge is 2.24. The fraction of sp³-hybridized carbons (Fsp3) is 0.556. The third kappa shape index (κ3) is 4.00. The van der Waals surface area contributed by atoms with Crippen LogP contribution in [-0.2, 0) is 4.74 Å². The van der Waals surface area contributed by atoms with Gasteiger partial charge in [-0.25, -0.2) is 4.98 Å². The second kappa shape index (κ2) is 7.95. The molecule has 3 heterocycles. The topological polar surface area (TPSA) is 70.3 Å². The Morgan fingerprint density at radius 2 is 2.20 bits per heavy atom. The van der Waals surface area contributed by atoms with Crippen LogP contribution in [0.5, 0.6) is 0 Å². The lowest BCUT2D eigenvalue weighted by molar-refractivity contribution is 0.0623. The van der Waals surface area contributed by atoms with Crippen LogP contribution in [0.1, 0.15) is 12.5 Å². The molecule has 0 aromatic carbocycles. The summed E-state index contributed by atoms with van der Waals surface area (Å²) in [6, 6.07) is 5.81. The van der Waals surface area contributed by atoms with Gasteiger partial charge in [0.25, 0.3) is 5.56 Å². The number of aliphatic hydroxyl groups is 1. The Kier molecular flexibility index (Phi) is 5.67. The van der Waals surface area contributed by atoms with E-state index in [1.54, 1.807) is 16.7 Å². The first kappa shape index (κ1) is 17.8. The largest absolute Gasteiger partial charge is 0.394 e. The van der Waals surface area contributed by atoms with E-state index in [4.69, 9.17) is 14.8 Å². The van der Waals surface area contributed by atoms with Crippen LogP contribution in [0.2, 0.25) is 0 Å². The van der Waals surface area contributed by atoms with Crippen LogP contribution in [0.3, 0.4) is 0 Å². The molecule has 7 nitrogen and oxygen atoms in total. The van der Waals surface area contributed by atoms with Crippen LogP contribution in [0.25, 0.3) is 5.65 Å². The molecule has 1 atom stereocenters. The summed E-state index contributed by atoms with van der Waals surface area (Å²) in [5.41, 5.74) is 1.67. The standard InChI is InChI=1S/C18H26N4O3/c1-14-4-3-5-22-17(24)12-16(19-18(14)22)21-7-6-20(15(2)13-21)8-10-25-11-9-23/h3-5,12,15,23H,6-11,13H2,1-2H3/t15-/m1/s1. The number of aryl methyl sites for hydroxylation is 1. The van der Waals surface area contributed by atoms with E-state index in [-0.39, 0.29) is 12.2 Å². The lowest BCUT2D eigenvalue weighted by Crippen LogP contribution is -2.53. The second-order valence-electron chi connectivity index (χ2n) is 6.50. The van der Waals surface area contributed by atoms with Gasteiger partial charge in [-0.05, 0) is 25.5 Å². The first-order valence-corrected chi connectivity index (χ1v) is 8.77. The highest BCUT2D eigenvalue weighted by Crippen LogP contribution is 2.17. The molecular weight excluding hydrogens is 320 g/mol. The molecule has 2 aromatic heterocycles. The Hall–Kier alpha value is -1.96. The maximum atomic E-state index is 12.4. The molecule has 2 aromatic rings. The lowest BCUT2D eigenvalue weighted by atomic mass is 10.2. The van der Waals surface area contributed by atoms with Gasteiger partial charge in [0.05, 0.1) is 19.8 Å². The molecule has 1 aliphatic rings. The summed E-state index contributed by atoms with van der Waals surface area (Å²) in [7, 11) is 0.